The number of nitro groups is 1. The molecule has 0 fully saturated rings. The molecule has 0 unspecified atom stereocenters. The van der Waals surface area contributed by atoms with Gasteiger partial charge in [0.15, 0.2) is 0 Å². The maximum Gasteiger partial charge on any atom is 0.338 e. The van der Waals surface area contributed by atoms with E-state index in [1.54, 1.807) is 24.3 Å². The molecule has 2 aromatic carbocycles. The van der Waals surface area contributed by atoms with E-state index in [-0.39, 0.29) is 16.3 Å². The minimum Gasteiger partial charge on any atom is -0.462 e. The number of carbonyl (C=O) groups is 2. The summed E-state index contributed by atoms with van der Waals surface area (Å²) in [7, 11) is 0. The van der Waals surface area contributed by atoms with Crippen molar-refractivity contribution in [3.63, 3.8) is 0 Å². The standard InChI is InChI=1S/C18H17ClN2O5/c1-2-3-10-26-18(23)12-4-6-13(7-5-12)20-17(22)15-9-8-14(21(24)25)11-16(15)19/h4-9,11H,2-3,10H2,1H3,(H,20,22). The molecular formula is C18H17ClN2O5. The van der Waals surface area contributed by atoms with Crippen molar-refractivity contribution >= 4 is 34.9 Å². The lowest BCUT2D eigenvalue weighted by molar-refractivity contribution is -0.384. The summed E-state index contributed by atoms with van der Waals surface area (Å²) < 4.78 is 5.11. The Morgan fingerprint density at radius 1 is 1.19 bits per heavy atom. The fraction of sp³-hybridized carbons (Fsp3) is 0.222. The molecule has 2 aromatic rings. The summed E-state index contributed by atoms with van der Waals surface area (Å²) in [6.45, 7) is 2.37. The fourth-order valence-corrected chi connectivity index (χ4v) is 2.34. The number of hydrogen-bond acceptors (Lipinski definition) is 5. The highest BCUT2D eigenvalue weighted by Crippen LogP contribution is 2.23. The molecule has 0 radical (unpaired) electrons. The Kier molecular flexibility index (Phi) is 6.68. The summed E-state index contributed by atoms with van der Waals surface area (Å²) in [5.74, 6) is -0.932. The van der Waals surface area contributed by atoms with Gasteiger partial charge in [-0.15, -0.1) is 0 Å². The molecule has 26 heavy (non-hydrogen) atoms. The zero-order valence-electron chi connectivity index (χ0n) is 14.0. The van der Waals surface area contributed by atoms with Gasteiger partial charge in [0.2, 0.25) is 0 Å². The minimum absolute atomic E-state index is 0.0205. The maximum atomic E-state index is 12.3. The normalized spacial score (nSPS) is 10.2. The number of nitrogens with one attached hydrogen (secondary N) is 1. The van der Waals surface area contributed by atoms with Crippen LogP contribution >= 0.6 is 11.6 Å². The van der Waals surface area contributed by atoms with E-state index in [4.69, 9.17) is 16.3 Å². The van der Waals surface area contributed by atoms with Gasteiger partial charge >= 0.3 is 5.97 Å². The van der Waals surface area contributed by atoms with Crippen LogP contribution < -0.4 is 5.32 Å². The molecule has 1 amide bonds. The van der Waals surface area contributed by atoms with Gasteiger partial charge < -0.3 is 10.1 Å². The van der Waals surface area contributed by atoms with Crippen LogP contribution in [0.2, 0.25) is 5.02 Å². The number of esters is 1. The third-order valence-corrected chi connectivity index (χ3v) is 3.83. The molecule has 0 spiro atoms. The van der Waals surface area contributed by atoms with Crippen molar-refractivity contribution in [2.75, 3.05) is 11.9 Å². The van der Waals surface area contributed by atoms with Gasteiger partial charge in [-0.3, -0.25) is 14.9 Å². The lowest BCUT2D eigenvalue weighted by atomic mass is 10.1. The lowest BCUT2D eigenvalue weighted by Gasteiger charge is -2.08. The molecule has 7 nitrogen and oxygen atoms in total. The van der Waals surface area contributed by atoms with Crippen molar-refractivity contribution in [1.82, 2.24) is 0 Å². The highest BCUT2D eigenvalue weighted by molar-refractivity contribution is 6.34. The average Bonchev–Trinajstić information content (AvgIpc) is 2.62. The minimum atomic E-state index is -0.591. The molecule has 0 saturated carbocycles. The van der Waals surface area contributed by atoms with Gasteiger partial charge in [-0.05, 0) is 36.8 Å². The Labute approximate surface area is 155 Å². The van der Waals surface area contributed by atoms with Gasteiger partial charge in [-0.25, -0.2) is 4.79 Å². The first-order chi connectivity index (χ1) is 12.4. The first-order valence-electron chi connectivity index (χ1n) is 7.95. The number of ether oxygens (including phenoxy) is 1. The number of halogens is 1. The molecule has 1 N–H and O–H groups in total. The second-order valence-corrected chi connectivity index (χ2v) is 5.85. The number of nitrogens with zero attached hydrogens (tertiary/aromatic N) is 1. The summed E-state index contributed by atoms with van der Waals surface area (Å²) in [5.41, 5.74) is 0.750. The number of unbranched alkanes of at least 4 members (excludes halogenated alkanes) is 1. The Bertz CT molecular complexity index is 821. The second-order valence-electron chi connectivity index (χ2n) is 5.44. The summed E-state index contributed by atoms with van der Waals surface area (Å²) in [6, 6.07) is 9.82. The summed E-state index contributed by atoms with van der Waals surface area (Å²) >= 11 is 5.94. The molecule has 0 saturated heterocycles. The van der Waals surface area contributed by atoms with Crippen LogP contribution in [0.5, 0.6) is 0 Å². The van der Waals surface area contributed by atoms with E-state index in [1.807, 2.05) is 6.92 Å². The van der Waals surface area contributed by atoms with E-state index in [9.17, 15) is 19.7 Å². The van der Waals surface area contributed by atoms with Crippen LogP contribution in [0.3, 0.4) is 0 Å². The van der Waals surface area contributed by atoms with Crippen LogP contribution in [-0.2, 0) is 4.74 Å². The van der Waals surface area contributed by atoms with E-state index in [2.05, 4.69) is 5.32 Å². The number of anilines is 1. The van der Waals surface area contributed by atoms with Gasteiger partial charge in [0.05, 0.1) is 27.7 Å². The number of hydrogen-bond donors (Lipinski definition) is 1. The predicted octanol–water partition coefficient (Wildman–Crippen LogP) is 4.46. The molecule has 0 aliphatic heterocycles. The van der Waals surface area contributed by atoms with Crippen molar-refractivity contribution in [3.05, 3.63) is 68.7 Å². The van der Waals surface area contributed by atoms with Crippen molar-refractivity contribution in [3.8, 4) is 0 Å². The Morgan fingerprint density at radius 3 is 2.46 bits per heavy atom. The van der Waals surface area contributed by atoms with Crippen LogP contribution in [0.15, 0.2) is 42.5 Å². The molecule has 0 atom stereocenters. The predicted molar refractivity (Wildman–Crippen MR) is 97.7 cm³/mol. The number of benzene rings is 2. The first-order valence-corrected chi connectivity index (χ1v) is 8.32. The van der Waals surface area contributed by atoms with E-state index >= 15 is 0 Å². The van der Waals surface area contributed by atoms with Crippen molar-refractivity contribution in [1.29, 1.82) is 0 Å². The first kappa shape index (κ1) is 19.4. The van der Waals surface area contributed by atoms with Gasteiger partial charge in [-0.1, -0.05) is 24.9 Å². The van der Waals surface area contributed by atoms with E-state index in [0.717, 1.165) is 18.9 Å². The fourth-order valence-electron chi connectivity index (χ4n) is 2.08. The molecule has 0 heterocycles. The van der Waals surface area contributed by atoms with Crippen LogP contribution in [-0.4, -0.2) is 23.4 Å². The number of amides is 1. The number of carbonyl (C=O) groups excluding carboxylic acids is 2. The quantitative estimate of drug-likeness (QED) is 0.333. The molecular weight excluding hydrogens is 360 g/mol. The molecule has 8 heteroatoms. The van der Waals surface area contributed by atoms with Crippen LogP contribution in [0.1, 0.15) is 40.5 Å². The van der Waals surface area contributed by atoms with E-state index in [0.29, 0.717) is 17.9 Å². The van der Waals surface area contributed by atoms with E-state index < -0.39 is 16.8 Å². The number of nitro benzene ring substituents is 1. The van der Waals surface area contributed by atoms with Gasteiger partial charge in [0, 0.05) is 17.8 Å². The van der Waals surface area contributed by atoms with Crippen molar-refractivity contribution in [2.45, 2.75) is 19.8 Å². The summed E-state index contributed by atoms with van der Waals surface area (Å²) in [6.07, 6.45) is 1.74. The van der Waals surface area contributed by atoms with Gasteiger partial charge in [0.25, 0.3) is 11.6 Å². The number of non-ortho nitro benzene ring substituents is 1. The Hall–Kier alpha value is -2.93. The number of rotatable bonds is 7. The highest BCUT2D eigenvalue weighted by atomic mass is 35.5. The lowest BCUT2D eigenvalue weighted by Crippen LogP contribution is -2.13. The van der Waals surface area contributed by atoms with Crippen molar-refractivity contribution < 1.29 is 19.2 Å². The van der Waals surface area contributed by atoms with Crippen LogP contribution in [0.25, 0.3) is 0 Å². The largest absolute Gasteiger partial charge is 0.462 e. The molecule has 2 rings (SSSR count). The SMILES string of the molecule is CCCCOC(=O)c1ccc(NC(=O)c2ccc([N+](=O)[O-])cc2Cl)cc1. The second kappa shape index (κ2) is 8.96. The Morgan fingerprint density at radius 2 is 1.88 bits per heavy atom. The third kappa shape index (κ3) is 5.03. The molecule has 0 aromatic heterocycles. The summed E-state index contributed by atoms with van der Waals surface area (Å²) in [4.78, 5) is 34.2. The molecule has 0 aliphatic carbocycles. The molecule has 0 aliphatic rings. The Balaban J connectivity index is 2.03. The average molecular weight is 377 g/mol. The van der Waals surface area contributed by atoms with E-state index in [1.165, 1.54) is 12.1 Å². The maximum absolute atomic E-state index is 12.3. The molecule has 136 valence electrons. The van der Waals surface area contributed by atoms with Gasteiger partial charge in [0.1, 0.15) is 0 Å². The van der Waals surface area contributed by atoms with Crippen molar-refractivity contribution in [2.24, 2.45) is 0 Å². The summed E-state index contributed by atoms with van der Waals surface area (Å²) in [5, 5.41) is 13.3. The molecule has 0 bridgehead atoms. The monoisotopic (exact) mass is 376 g/mol. The zero-order chi connectivity index (χ0) is 19.1. The smallest absolute Gasteiger partial charge is 0.338 e. The van der Waals surface area contributed by atoms with Crippen LogP contribution in [0, 0.1) is 10.1 Å². The zero-order valence-corrected chi connectivity index (χ0v) is 14.8. The highest BCUT2D eigenvalue weighted by Gasteiger charge is 2.15. The topological polar surface area (TPSA) is 98.5 Å². The van der Waals surface area contributed by atoms with Gasteiger partial charge in [-0.2, -0.15) is 0 Å². The third-order valence-electron chi connectivity index (χ3n) is 3.52. The van der Waals surface area contributed by atoms with Crippen LogP contribution in [0.4, 0.5) is 11.4 Å².